The number of hydrogen-bond acceptors (Lipinski definition) is 2. The molecule has 2 aromatic rings. The molecule has 0 amide bonds. The molecule has 0 atom stereocenters. The highest BCUT2D eigenvalue weighted by molar-refractivity contribution is 5.85. The van der Waals surface area contributed by atoms with E-state index in [4.69, 9.17) is 5.11 Å². The van der Waals surface area contributed by atoms with Crippen LogP contribution in [-0.2, 0) is 11.2 Å². The van der Waals surface area contributed by atoms with Crippen LogP contribution >= 0.6 is 12.4 Å². The normalized spacial score (nSPS) is 9.50. The Kier molecular flexibility index (Phi) is 4.08. The van der Waals surface area contributed by atoms with E-state index in [2.05, 4.69) is 4.98 Å². The maximum atomic E-state index is 10.5. The number of aliphatic carboxylic acids is 1. The number of imidazole rings is 1. The van der Waals surface area contributed by atoms with E-state index in [0.29, 0.717) is 0 Å². The minimum atomic E-state index is -0.814. The third kappa shape index (κ3) is 2.84. The SMILES string of the molecule is Cl.O=C(O)Cc1ccc(-n2ccnc2)cc1. The molecule has 84 valence electrons. The molecule has 0 aliphatic rings. The second kappa shape index (κ2) is 5.32. The molecule has 1 heterocycles. The summed E-state index contributed by atoms with van der Waals surface area (Å²) in [6.45, 7) is 0. The largest absolute Gasteiger partial charge is 0.481 e. The van der Waals surface area contributed by atoms with Crippen LogP contribution in [0.3, 0.4) is 0 Å². The maximum absolute atomic E-state index is 10.5. The molecule has 1 aromatic carbocycles. The van der Waals surface area contributed by atoms with E-state index in [1.807, 2.05) is 35.0 Å². The molecule has 0 spiro atoms. The van der Waals surface area contributed by atoms with Crippen LogP contribution in [0.4, 0.5) is 0 Å². The van der Waals surface area contributed by atoms with Crippen molar-refractivity contribution in [2.45, 2.75) is 6.42 Å². The van der Waals surface area contributed by atoms with Crippen LogP contribution < -0.4 is 0 Å². The first-order chi connectivity index (χ1) is 7.25. The molecule has 0 unspecified atom stereocenters. The Labute approximate surface area is 99.0 Å². The third-order valence-electron chi connectivity index (χ3n) is 2.09. The lowest BCUT2D eigenvalue weighted by atomic mass is 10.1. The number of carboxylic acids is 1. The maximum Gasteiger partial charge on any atom is 0.307 e. The van der Waals surface area contributed by atoms with Crippen LogP contribution in [-0.4, -0.2) is 20.6 Å². The minimum absolute atomic E-state index is 0. The summed E-state index contributed by atoms with van der Waals surface area (Å²) in [4.78, 5) is 14.4. The number of halogens is 1. The van der Waals surface area contributed by atoms with Crippen molar-refractivity contribution in [3.63, 3.8) is 0 Å². The molecular formula is C11H11ClN2O2. The van der Waals surface area contributed by atoms with Crippen molar-refractivity contribution in [1.29, 1.82) is 0 Å². The van der Waals surface area contributed by atoms with Crippen molar-refractivity contribution in [2.24, 2.45) is 0 Å². The lowest BCUT2D eigenvalue weighted by Crippen LogP contribution is -2.00. The van der Waals surface area contributed by atoms with E-state index in [0.717, 1.165) is 11.3 Å². The van der Waals surface area contributed by atoms with Gasteiger partial charge >= 0.3 is 5.97 Å². The molecule has 0 aliphatic heterocycles. The zero-order chi connectivity index (χ0) is 10.7. The molecule has 5 heteroatoms. The van der Waals surface area contributed by atoms with Gasteiger partial charge < -0.3 is 9.67 Å². The second-order valence-electron chi connectivity index (χ2n) is 3.21. The Morgan fingerprint density at radius 3 is 2.50 bits per heavy atom. The summed E-state index contributed by atoms with van der Waals surface area (Å²) in [5.74, 6) is -0.814. The fourth-order valence-corrected chi connectivity index (χ4v) is 1.37. The molecule has 0 aliphatic carbocycles. The molecule has 0 saturated carbocycles. The average Bonchev–Trinajstić information content (AvgIpc) is 2.71. The monoisotopic (exact) mass is 238 g/mol. The highest BCUT2D eigenvalue weighted by Gasteiger charge is 2.00. The number of carbonyl (C=O) groups is 1. The van der Waals surface area contributed by atoms with Crippen LogP contribution in [0, 0.1) is 0 Å². The van der Waals surface area contributed by atoms with Crippen molar-refractivity contribution in [3.05, 3.63) is 48.5 Å². The highest BCUT2D eigenvalue weighted by Crippen LogP contribution is 2.09. The third-order valence-corrected chi connectivity index (χ3v) is 2.09. The van der Waals surface area contributed by atoms with Crippen molar-refractivity contribution >= 4 is 18.4 Å². The van der Waals surface area contributed by atoms with E-state index in [9.17, 15) is 4.79 Å². The summed E-state index contributed by atoms with van der Waals surface area (Å²) in [6, 6.07) is 7.37. The predicted octanol–water partition coefficient (Wildman–Crippen LogP) is 1.92. The van der Waals surface area contributed by atoms with Crippen LogP contribution in [0.25, 0.3) is 5.69 Å². The van der Waals surface area contributed by atoms with Crippen molar-refractivity contribution < 1.29 is 9.90 Å². The summed E-state index contributed by atoms with van der Waals surface area (Å²) in [7, 11) is 0. The first-order valence-electron chi connectivity index (χ1n) is 4.55. The van der Waals surface area contributed by atoms with E-state index in [1.165, 1.54) is 0 Å². The van der Waals surface area contributed by atoms with Gasteiger partial charge in [0, 0.05) is 18.1 Å². The molecule has 0 saturated heterocycles. The summed E-state index contributed by atoms with van der Waals surface area (Å²) < 4.78 is 1.87. The van der Waals surface area contributed by atoms with Gasteiger partial charge in [-0.15, -0.1) is 12.4 Å². The van der Waals surface area contributed by atoms with Crippen LogP contribution in [0.15, 0.2) is 43.0 Å². The summed E-state index contributed by atoms with van der Waals surface area (Å²) in [5, 5.41) is 8.60. The Hall–Kier alpha value is -1.81. The minimum Gasteiger partial charge on any atom is -0.481 e. The molecule has 0 fully saturated rings. The smallest absolute Gasteiger partial charge is 0.307 e. The fourth-order valence-electron chi connectivity index (χ4n) is 1.37. The molecule has 0 bridgehead atoms. The molecule has 4 nitrogen and oxygen atoms in total. The summed E-state index contributed by atoms with van der Waals surface area (Å²) >= 11 is 0. The molecule has 0 radical (unpaired) electrons. The van der Waals surface area contributed by atoms with E-state index >= 15 is 0 Å². The van der Waals surface area contributed by atoms with Gasteiger partial charge in [-0.2, -0.15) is 0 Å². The number of benzene rings is 1. The zero-order valence-corrected chi connectivity index (χ0v) is 9.22. The predicted molar refractivity (Wildman–Crippen MR) is 62.2 cm³/mol. The second-order valence-corrected chi connectivity index (χ2v) is 3.21. The van der Waals surface area contributed by atoms with Gasteiger partial charge in [-0.3, -0.25) is 4.79 Å². The van der Waals surface area contributed by atoms with Crippen molar-refractivity contribution in [1.82, 2.24) is 9.55 Å². The van der Waals surface area contributed by atoms with Gasteiger partial charge in [0.05, 0.1) is 12.7 Å². The van der Waals surface area contributed by atoms with Gasteiger partial charge in [0.1, 0.15) is 0 Å². The first kappa shape index (κ1) is 12.3. The van der Waals surface area contributed by atoms with Crippen LogP contribution in [0.2, 0.25) is 0 Å². The quantitative estimate of drug-likeness (QED) is 0.889. The fraction of sp³-hybridized carbons (Fsp3) is 0.0909. The first-order valence-corrected chi connectivity index (χ1v) is 4.55. The summed E-state index contributed by atoms with van der Waals surface area (Å²) in [6.07, 6.45) is 5.30. The van der Waals surface area contributed by atoms with Gasteiger partial charge in [-0.25, -0.2) is 4.98 Å². The lowest BCUT2D eigenvalue weighted by molar-refractivity contribution is -0.136. The number of nitrogens with zero attached hydrogens (tertiary/aromatic N) is 2. The van der Waals surface area contributed by atoms with Crippen LogP contribution in [0.5, 0.6) is 0 Å². The van der Waals surface area contributed by atoms with Gasteiger partial charge in [-0.1, -0.05) is 12.1 Å². The molecule has 1 aromatic heterocycles. The van der Waals surface area contributed by atoms with Crippen molar-refractivity contribution in [2.75, 3.05) is 0 Å². The van der Waals surface area contributed by atoms with Crippen LogP contribution in [0.1, 0.15) is 5.56 Å². The Balaban J connectivity index is 0.00000128. The Bertz CT molecular complexity index is 451. The number of rotatable bonds is 3. The molecular weight excluding hydrogens is 228 g/mol. The topological polar surface area (TPSA) is 55.1 Å². The highest BCUT2D eigenvalue weighted by atomic mass is 35.5. The number of hydrogen-bond donors (Lipinski definition) is 1. The van der Waals surface area contributed by atoms with E-state index < -0.39 is 5.97 Å². The Morgan fingerprint density at radius 1 is 1.31 bits per heavy atom. The summed E-state index contributed by atoms with van der Waals surface area (Å²) in [5.41, 5.74) is 1.77. The van der Waals surface area contributed by atoms with Gasteiger partial charge in [-0.05, 0) is 17.7 Å². The van der Waals surface area contributed by atoms with Crippen molar-refractivity contribution in [3.8, 4) is 5.69 Å². The zero-order valence-electron chi connectivity index (χ0n) is 8.41. The number of aromatic nitrogens is 2. The molecule has 1 N–H and O–H groups in total. The van der Waals surface area contributed by atoms with Gasteiger partial charge in [0.25, 0.3) is 0 Å². The number of carboxylic acid groups (broad SMARTS) is 1. The Morgan fingerprint density at radius 2 is 2.00 bits per heavy atom. The standard InChI is InChI=1S/C11H10N2O2.ClH/c14-11(15)7-9-1-3-10(4-2-9)13-6-5-12-8-13;/h1-6,8H,7H2,(H,14,15);1H. The molecule has 2 rings (SSSR count). The van der Waals surface area contributed by atoms with Gasteiger partial charge in [0.2, 0.25) is 0 Å². The van der Waals surface area contributed by atoms with E-state index in [1.54, 1.807) is 12.5 Å². The molecule has 16 heavy (non-hydrogen) atoms. The van der Waals surface area contributed by atoms with Gasteiger partial charge in [0.15, 0.2) is 0 Å². The lowest BCUT2D eigenvalue weighted by Gasteiger charge is -2.02. The average molecular weight is 239 g/mol. The van der Waals surface area contributed by atoms with E-state index in [-0.39, 0.29) is 18.8 Å².